The number of hydrogen-bond acceptors (Lipinski definition) is 2. The molecule has 68 heavy (non-hydrogen) atoms. The molecule has 0 saturated carbocycles. The summed E-state index contributed by atoms with van der Waals surface area (Å²) in [6.07, 6.45) is 0. The zero-order chi connectivity index (χ0) is 44.5. The van der Waals surface area contributed by atoms with Crippen LogP contribution in [0.1, 0.15) is 22.3 Å². The Bertz CT molecular complexity index is 4110. The first-order chi connectivity index (χ1) is 33.7. The first-order valence-electron chi connectivity index (χ1n) is 23.5. The van der Waals surface area contributed by atoms with Crippen molar-refractivity contribution in [2.45, 2.75) is 5.41 Å². The second-order valence-corrected chi connectivity index (χ2v) is 18.4. The third-order valence-corrected chi connectivity index (χ3v) is 15.0. The number of aromatic nitrogens is 1. The molecular weight excluding hydrogens is 825 g/mol. The molecule has 0 bridgehead atoms. The van der Waals surface area contributed by atoms with E-state index in [9.17, 15) is 0 Å². The van der Waals surface area contributed by atoms with Gasteiger partial charge in [0.25, 0.3) is 0 Å². The van der Waals surface area contributed by atoms with Gasteiger partial charge in [0.05, 0.1) is 16.4 Å². The number of benzene rings is 11. The Balaban J connectivity index is 0.920. The number of rotatable bonds is 5. The van der Waals surface area contributed by atoms with Crippen molar-refractivity contribution in [3.05, 3.63) is 265 Å². The van der Waals surface area contributed by atoms with Crippen LogP contribution >= 0.6 is 0 Å². The van der Waals surface area contributed by atoms with Crippen LogP contribution in [0.2, 0.25) is 0 Å². The maximum absolute atomic E-state index is 6.67. The molecule has 0 fully saturated rings. The van der Waals surface area contributed by atoms with Crippen molar-refractivity contribution in [3.8, 4) is 39.1 Å². The second-order valence-electron chi connectivity index (χ2n) is 18.4. The summed E-state index contributed by atoms with van der Waals surface area (Å²) in [6, 6.07) is 89.3. The molecule has 0 aliphatic heterocycles. The molecular formula is C65H40N2O. The fourth-order valence-electron chi connectivity index (χ4n) is 12.1. The van der Waals surface area contributed by atoms with Crippen molar-refractivity contribution < 1.29 is 4.42 Å². The van der Waals surface area contributed by atoms with E-state index < -0.39 is 5.41 Å². The molecule has 3 nitrogen and oxygen atoms in total. The molecule has 2 aliphatic rings. The van der Waals surface area contributed by atoms with E-state index in [0.717, 1.165) is 61.2 Å². The number of para-hydroxylation sites is 2. The van der Waals surface area contributed by atoms with Crippen LogP contribution in [0, 0.1) is 0 Å². The summed E-state index contributed by atoms with van der Waals surface area (Å²) in [6.45, 7) is 0. The van der Waals surface area contributed by atoms with Gasteiger partial charge < -0.3 is 13.9 Å². The van der Waals surface area contributed by atoms with Crippen molar-refractivity contribution in [2.75, 3.05) is 4.90 Å². The predicted molar refractivity (Wildman–Crippen MR) is 282 cm³/mol. The predicted octanol–water partition coefficient (Wildman–Crippen LogP) is 17.3. The Hall–Kier alpha value is -8.92. The summed E-state index contributed by atoms with van der Waals surface area (Å²) < 4.78 is 9.06. The van der Waals surface area contributed by atoms with E-state index in [0.29, 0.717) is 0 Å². The molecule has 316 valence electrons. The first kappa shape index (κ1) is 37.3. The molecule has 11 aromatic carbocycles. The van der Waals surface area contributed by atoms with Crippen molar-refractivity contribution >= 4 is 71.6 Å². The van der Waals surface area contributed by atoms with E-state index in [1.165, 1.54) is 71.7 Å². The normalized spacial score (nSPS) is 13.1. The van der Waals surface area contributed by atoms with E-state index >= 15 is 0 Å². The van der Waals surface area contributed by atoms with E-state index in [4.69, 9.17) is 4.42 Å². The molecule has 1 spiro atoms. The summed E-state index contributed by atoms with van der Waals surface area (Å²) in [5.41, 5.74) is 20.9. The Kier molecular flexibility index (Phi) is 7.71. The third kappa shape index (κ3) is 5.07. The maximum atomic E-state index is 6.67. The van der Waals surface area contributed by atoms with E-state index in [1.807, 2.05) is 0 Å². The summed E-state index contributed by atoms with van der Waals surface area (Å²) in [7, 11) is 0. The third-order valence-electron chi connectivity index (χ3n) is 15.0. The van der Waals surface area contributed by atoms with Gasteiger partial charge in [-0.05, 0) is 134 Å². The van der Waals surface area contributed by atoms with Crippen LogP contribution in [0.25, 0.3) is 93.6 Å². The highest BCUT2D eigenvalue weighted by Crippen LogP contribution is 2.63. The van der Waals surface area contributed by atoms with Crippen LogP contribution in [-0.4, -0.2) is 4.57 Å². The lowest BCUT2D eigenvalue weighted by Crippen LogP contribution is -2.26. The highest BCUT2D eigenvalue weighted by atomic mass is 16.3. The summed E-state index contributed by atoms with van der Waals surface area (Å²) >= 11 is 0. The average Bonchev–Trinajstić information content (AvgIpc) is 4.13. The Morgan fingerprint density at radius 2 is 0.897 bits per heavy atom. The van der Waals surface area contributed by atoms with Crippen LogP contribution in [0.4, 0.5) is 17.1 Å². The van der Waals surface area contributed by atoms with Crippen molar-refractivity contribution in [3.63, 3.8) is 0 Å². The molecule has 0 saturated heterocycles. The van der Waals surface area contributed by atoms with Gasteiger partial charge in [0.1, 0.15) is 11.2 Å². The van der Waals surface area contributed by atoms with Gasteiger partial charge >= 0.3 is 0 Å². The zero-order valence-corrected chi connectivity index (χ0v) is 36.9. The molecule has 0 amide bonds. The van der Waals surface area contributed by atoms with Gasteiger partial charge in [-0.15, -0.1) is 0 Å². The van der Waals surface area contributed by atoms with Gasteiger partial charge in [-0.25, -0.2) is 0 Å². The molecule has 0 N–H and O–H groups in total. The van der Waals surface area contributed by atoms with Gasteiger partial charge in [-0.1, -0.05) is 170 Å². The maximum Gasteiger partial charge on any atom is 0.143 e. The largest absolute Gasteiger partial charge is 0.455 e. The first-order valence-corrected chi connectivity index (χ1v) is 23.5. The summed E-state index contributed by atoms with van der Waals surface area (Å²) in [5.74, 6) is 0. The van der Waals surface area contributed by atoms with Crippen molar-refractivity contribution in [1.82, 2.24) is 4.57 Å². The number of hydrogen-bond donors (Lipinski definition) is 0. The van der Waals surface area contributed by atoms with Gasteiger partial charge in [0.2, 0.25) is 0 Å². The van der Waals surface area contributed by atoms with Crippen LogP contribution in [0.5, 0.6) is 0 Å². The second kappa shape index (κ2) is 14.0. The van der Waals surface area contributed by atoms with E-state index in [2.05, 4.69) is 252 Å². The lowest BCUT2D eigenvalue weighted by molar-refractivity contribution is 0.672. The number of nitrogens with zero attached hydrogens (tertiary/aromatic N) is 2. The average molecular weight is 865 g/mol. The van der Waals surface area contributed by atoms with Gasteiger partial charge in [-0.2, -0.15) is 0 Å². The molecule has 15 rings (SSSR count). The molecule has 13 aromatic rings. The van der Waals surface area contributed by atoms with Gasteiger partial charge in [-0.3, -0.25) is 0 Å². The quantitative estimate of drug-likeness (QED) is 0.172. The number of anilines is 3. The lowest BCUT2D eigenvalue weighted by atomic mass is 9.70. The van der Waals surface area contributed by atoms with Crippen LogP contribution in [0.3, 0.4) is 0 Å². The fraction of sp³-hybridized carbons (Fsp3) is 0.0154. The van der Waals surface area contributed by atoms with Crippen molar-refractivity contribution in [1.29, 1.82) is 0 Å². The minimum atomic E-state index is -0.461. The minimum Gasteiger partial charge on any atom is -0.455 e. The summed E-state index contributed by atoms with van der Waals surface area (Å²) in [4.78, 5) is 2.43. The number of furan rings is 1. The molecule has 2 aromatic heterocycles. The topological polar surface area (TPSA) is 21.3 Å². The smallest absolute Gasteiger partial charge is 0.143 e. The molecule has 0 atom stereocenters. The highest BCUT2D eigenvalue weighted by Gasteiger charge is 2.51. The molecule has 3 heteroatoms. The van der Waals surface area contributed by atoms with Gasteiger partial charge in [0, 0.05) is 49.7 Å². The Morgan fingerprint density at radius 3 is 1.59 bits per heavy atom. The standard InChI is InChI=1S/C65H40N2O/c1-2-17-48-42(14-1)30-35-55-56-39-46(34-37-63(56)68-64(48)55)66(44-31-28-41(29-32-44)43-15-13-16-45(38-43)67-61-26-11-6-21-53(61)54-22-7-12-27-62(54)67)47-33-36-52-51-20-5-10-25-59(51)65(60(52)40-47)57-23-8-3-18-49(57)50-19-4-9-24-58(50)65/h1-40H. The number of fused-ring (bicyclic) bond motifs is 18. The summed E-state index contributed by atoms with van der Waals surface area (Å²) in [5, 5.41) is 7.02. The van der Waals surface area contributed by atoms with Gasteiger partial charge in [0.15, 0.2) is 0 Å². The van der Waals surface area contributed by atoms with E-state index in [-0.39, 0.29) is 0 Å². The van der Waals surface area contributed by atoms with Crippen molar-refractivity contribution in [2.24, 2.45) is 0 Å². The molecule has 2 aliphatic carbocycles. The SMILES string of the molecule is c1cc(-c2ccc(N(c3ccc4c(c3)C3(c5ccccc5-c5ccccc53)c3ccccc3-4)c3ccc4oc5c6ccccc6ccc5c4c3)cc2)cc(-n2c3ccccc3c3ccccc32)c1. The Labute approximate surface area is 393 Å². The molecule has 0 radical (unpaired) electrons. The fourth-order valence-corrected chi connectivity index (χ4v) is 12.1. The lowest BCUT2D eigenvalue weighted by Gasteiger charge is -2.32. The minimum absolute atomic E-state index is 0.461. The highest BCUT2D eigenvalue weighted by molar-refractivity contribution is 6.16. The van der Waals surface area contributed by atoms with E-state index in [1.54, 1.807) is 0 Å². The molecule has 2 heterocycles. The zero-order valence-electron chi connectivity index (χ0n) is 36.9. The van der Waals surface area contributed by atoms with Crippen LogP contribution in [0.15, 0.2) is 247 Å². The Morgan fingerprint density at radius 1 is 0.338 bits per heavy atom. The van der Waals surface area contributed by atoms with Crippen LogP contribution < -0.4 is 4.90 Å². The monoisotopic (exact) mass is 864 g/mol. The molecule has 0 unspecified atom stereocenters. The van der Waals surface area contributed by atoms with Crippen LogP contribution in [-0.2, 0) is 5.41 Å².